The van der Waals surface area contributed by atoms with E-state index in [0.717, 1.165) is 18.2 Å². The Morgan fingerprint density at radius 1 is 0.963 bits per heavy atom. The maximum atomic E-state index is 12.8. The van der Waals surface area contributed by atoms with Crippen molar-refractivity contribution in [2.75, 3.05) is 5.32 Å². The molecule has 0 fully saturated rings. The molecule has 0 aliphatic rings. The molecule has 0 aromatic heterocycles. The number of nitro groups is 1. The fraction of sp³-hybridized carbons (Fsp3) is 0.133. The van der Waals surface area contributed by atoms with Crippen LogP contribution in [-0.2, 0) is 12.4 Å². The quantitative estimate of drug-likeness (QED) is 0.409. The molecular formula is C15H7ClF6N2O3. The van der Waals surface area contributed by atoms with Crippen LogP contribution >= 0.6 is 11.6 Å². The highest BCUT2D eigenvalue weighted by Crippen LogP contribution is 2.36. The SMILES string of the molecule is O=C(Nc1ccc(Cl)c([N+](=O)[O-])c1)c1cc(C(F)(F)F)cc(C(F)(F)F)c1. The van der Waals surface area contributed by atoms with Gasteiger partial charge in [0.05, 0.1) is 16.1 Å². The molecule has 2 aromatic carbocycles. The van der Waals surface area contributed by atoms with E-state index in [0.29, 0.717) is 0 Å². The van der Waals surface area contributed by atoms with Gasteiger partial charge in [-0.1, -0.05) is 11.6 Å². The predicted molar refractivity (Wildman–Crippen MR) is 82.5 cm³/mol. The van der Waals surface area contributed by atoms with Crippen LogP contribution in [0.25, 0.3) is 0 Å². The number of anilines is 1. The average Bonchev–Trinajstić information content (AvgIpc) is 2.54. The first kappa shape index (κ1) is 20.5. The van der Waals surface area contributed by atoms with Gasteiger partial charge in [0.1, 0.15) is 5.02 Å². The Morgan fingerprint density at radius 3 is 1.93 bits per heavy atom. The Kier molecular flexibility index (Phi) is 5.36. The first-order chi connectivity index (χ1) is 12.3. The summed E-state index contributed by atoms with van der Waals surface area (Å²) in [4.78, 5) is 22.0. The summed E-state index contributed by atoms with van der Waals surface area (Å²) >= 11 is 5.58. The number of carbonyl (C=O) groups is 1. The lowest BCUT2D eigenvalue weighted by atomic mass is 10.0. The Morgan fingerprint density at radius 2 is 1.48 bits per heavy atom. The topological polar surface area (TPSA) is 72.2 Å². The second kappa shape index (κ2) is 7.06. The van der Waals surface area contributed by atoms with Gasteiger partial charge in [0.2, 0.25) is 0 Å². The summed E-state index contributed by atoms with van der Waals surface area (Å²) in [6.07, 6.45) is -10.2. The summed E-state index contributed by atoms with van der Waals surface area (Å²) < 4.78 is 76.9. The van der Waals surface area contributed by atoms with Crippen molar-refractivity contribution in [2.24, 2.45) is 0 Å². The summed E-state index contributed by atoms with van der Waals surface area (Å²) in [6, 6.07) is 3.33. The minimum absolute atomic E-state index is 0.121. The summed E-state index contributed by atoms with van der Waals surface area (Å²) in [5.74, 6) is -1.32. The van der Waals surface area contributed by atoms with Crippen molar-refractivity contribution in [1.29, 1.82) is 0 Å². The summed E-state index contributed by atoms with van der Waals surface area (Å²) in [7, 11) is 0. The van der Waals surface area contributed by atoms with E-state index in [9.17, 15) is 41.3 Å². The fourth-order valence-electron chi connectivity index (χ4n) is 2.02. The van der Waals surface area contributed by atoms with E-state index >= 15 is 0 Å². The molecule has 5 nitrogen and oxygen atoms in total. The van der Waals surface area contributed by atoms with Crippen LogP contribution in [-0.4, -0.2) is 10.8 Å². The zero-order chi connectivity index (χ0) is 20.6. The van der Waals surface area contributed by atoms with Crippen molar-refractivity contribution < 1.29 is 36.1 Å². The van der Waals surface area contributed by atoms with Crippen LogP contribution in [0.4, 0.5) is 37.7 Å². The van der Waals surface area contributed by atoms with Crippen molar-refractivity contribution in [3.05, 3.63) is 68.2 Å². The van der Waals surface area contributed by atoms with Crippen molar-refractivity contribution in [2.45, 2.75) is 12.4 Å². The van der Waals surface area contributed by atoms with E-state index in [1.165, 1.54) is 0 Å². The molecule has 0 aliphatic carbocycles. The molecule has 12 heteroatoms. The summed E-state index contributed by atoms with van der Waals surface area (Å²) in [6.45, 7) is 0. The van der Waals surface area contributed by atoms with E-state index in [-0.39, 0.29) is 28.9 Å². The van der Waals surface area contributed by atoms with Crippen molar-refractivity contribution in [3.8, 4) is 0 Å². The molecule has 27 heavy (non-hydrogen) atoms. The molecule has 0 spiro atoms. The number of hydrogen-bond donors (Lipinski definition) is 1. The Balaban J connectivity index is 2.44. The Hall–Kier alpha value is -2.82. The van der Waals surface area contributed by atoms with Gasteiger partial charge in [-0.15, -0.1) is 0 Å². The molecule has 0 atom stereocenters. The number of benzene rings is 2. The van der Waals surface area contributed by atoms with Crippen LogP contribution in [0.2, 0.25) is 5.02 Å². The van der Waals surface area contributed by atoms with Gasteiger partial charge in [-0.2, -0.15) is 26.3 Å². The van der Waals surface area contributed by atoms with Gasteiger partial charge in [-0.3, -0.25) is 14.9 Å². The number of halogens is 7. The average molecular weight is 413 g/mol. The van der Waals surface area contributed by atoms with Gasteiger partial charge < -0.3 is 5.32 Å². The standard InChI is InChI=1S/C15H7ClF6N2O3/c16-11-2-1-10(6-12(11)24(26)27)23-13(25)7-3-8(14(17,18)19)5-9(4-7)15(20,21)22/h1-6H,(H,23,25). The van der Waals surface area contributed by atoms with Crippen molar-refractivity contribution in [1.82, 2.24) is 0 Å². The summed E-state index contributed by atoms with van der Waals surface area (Å²) in [5, 5.41) is 12.5. The molecular weight excluding hydrogens is 406 g/mol. The van der Waals surface area contributed by atoms with Crippen LogP contribution in [0.1, 0.15) is 21.5 Å². The molecule has 0 saturated heterocycles. The van der Waals surface area contributed by atoms with Crippen LogP contribution in [0.15, 0.2) is 36.4 Å². The molecule has 2 rings (SSSR count). The van der Waals surface area contributed by atoms with E-state index in [1.807, 2.05) is 5.32 Å². The normalized spacial score (nSPS) is 12.0. The Bertz CT molecular complexity index is 879. The van der Waals surface area contributed by atoms with Gasteiger partial charge >= 0.3 is 12.4 Å². The third-order valence-corrected chi connectivity index (χ3v) is 3.57. The Labute approximate surface area is 151 Å². The van der Waals surface area contributed by atoms with E-state index in [2.05, 4.69) is 0 Å². The third-order valence-electron chi connectivity index (χ3n) is 3.25. The third kappa shape index (κ3) is 4.88. The van der Waals surface area contributed by atoms with Gasteiger partial charge in [0.25, 0.3) is 11.6 Å². The maximum Gasteiger partial charge on any atom is 0.416 e. The molecule has 0 saturated carbocycles. The lowest BCUT2D eigenvalue weighted by Gasteiger charge is -2.14. The zero-order valence-electron chi connectivity index (χ0n) is 12.8. The lowest BCUT2D eigenvalue weighted by Crippen LogP contribution is -2.17. The molecule has 0 bridgehead atoms. The van der Waals surface area contributed by atoms with Gasteiger partial charge in [-0.25, -0.2) is 0 Å². The molecule has 2 aromatic rings. The number of hydrogen-bond acceptors (Lipinski definition) is 3. The first-order valence-electron chi connectivity index (χ1n) is 6.84. The van der Waals surface area contributed by atoms with Crippen molar-refractivity contribution >= 4 is 28.9 Å². The number of amides is 1. The fourth-order valence-corrected chi connectivity index (χ4v) is 2.21. The zero-order valence-corrected chi connectivity index (χ0v) is 13.5. The monoisotopic (exact) mass is 412 g/mol. The van der Waals surface area contributed by atoms with Crippen LogP contribution < -0.4 is 5.32 Å². The van der Waals surface area contributed by atoms with Gasteiger partial charge in [-0.05, 0) is 30.3 Å². The van der Waals surface area contributed by atoms with E-state index in [4.69, 9.17) is 11.6 Å². The largest absolute Gasteiger partial charge is 0.416 e. The minimum Gasteiger partial charge on any atom is -0.322 e. The molecule has 144 valence electrons. The second-order valence-corrected chi connectivity index (χ2v) is 5.58. The lowest BCUT2D eigenvalue weighted by molar-refractivity contribution is -0.384. The highest BCUT2D eigenvalue weighted by molar-refractivity contribution is 6.32. The number of nitrogens with one attached hydrogen (secondary N) is 1. The van der Waals surface area contributed by atoms with Crippen LogP contribution in [0, 0.1) is 10.1 Å². The van der Waals surface area contributed by atoms with Gasteiger partial charge in [0, 0.05) is 17.3 Å². The second-order valence-electron chi connectivity index (χ2n) is 5.17. The highest BCUT2D eigenvalue weighted by Gasteiger charge is 2.37. The van der Waals surface area contributed by atoms with Crippen molar-refractivity contribution in [3.63, 3.8) is 0 Å². The smallest absolute Gasteiger partial charge is 0.322 e. The van der Waals surface area contributed by atoms with Gasteiger partial charge in [0.15, 0.2) is 0 Å². The number of alkyl halides is 6. The molecule has 0 aliphatic heterocycles. The minimum atomic E-state index is -5.12. The first-order valence-corrected chi connectivity index (χ1v) is 7.21. The van der Waals surface area contributed by atoms with Crippen LogP contribution in [0.5, 0.6) is 0 Å². The number of nitro benzene ring substituents is 1. The highest BCUT2D eigenvalue weighted by atomic mass is 35.5. The van der Waals surface area contributed by atoms with E-state index < -0.39 is 45.6 Å². The number of nitrogens with zero attached hydrogens (tertiary/aromatic N) is 1. The van der Waals surface area contributed by atoms with E-state index in [1.54, 1.807) is 0 Å². The number of rotatable bonds is 3. The molecule has 0 unspecified atom stereocenters. The molecule has 0 radical (unpaired) electrons. The predicted octanol–water partition coefficient (Wildman–Crippen LogP) is 5.54. The number of carbonyl (C=O) groups excluding carboxylic acids is 1. The maximum absolute atomic E-state index is 12.8. The summed E-state index contributed by atoms with van der Waals surface area (Å²) in [5.41, 5.74) is -5.08. The molecule has 1 N–H and O–H groups in total. The molecule has 1 amide bonds. The van der Waals surface area contributed by atoms with Crippen LogP contribution in [0.3, 0.4) is 0 Å². The molecule has 0 heterocycles.